The summed E-state index contributed by atoms with van der Waals surface area (Å²) in [4.78, 5) is 0. The fourth-order valence-electron chi connectivity index (χ4n) is 3.34. The standard InChI is InChI=1S/C19H28O10/c20-6-11-14(21)15(22)13(9-27-11)29-19-18(25)17(24)16(23)12(28-19)8-26-7-10-4-2-1-3-5-10/h1-5,11-25H,6-9H2/t11-,12+,13+,14-,15-,16-,17-,18+,19+/m1/s1. The quantitative estimate of drug-likeness (QED) is 0.281. The molecule has 1 aromatic carbocycles. The summed E-state index contributed by atoms with van der Waals surface area (Å²) in [6.07, 6.45) is -11.7. The highest BCUT2D eigenvalue weighted by molar-refractivity contribution is 5.13. The Morgan fingerprint density at radius 3 is 2.24 bits per heavy atom. The first kappa shape index (κ1) is 22.5. The van der Waals surface area contributed by atoms with Crippen LogP contribution in [0.5, 0.6) is 0 Å². The van der Waals surface area contributed by atoms with Crippen molar-refractivity contribution < 1.29 is 49.6 Å². The zero-order valence-electron chi connectivity index (χ0n) is 15.7. The lowest BCUT2D eigenvalue weighted by atomic mass is 9.98. The van der Waals surface area contributed by atoms with Crippen LogP contribution in [0.15, 0.2) is 30.3 Å². The van der Waals surface area contributed by atoms with Gasteiger partial charge < -0.3 is 49.6 Å². The maximum Gasteiger partial charge on any atom is 0.187 e. The van der Waals surface area contributed by atoms with E-state index in [4.69, 9.17) is 24.1 Å². The summed E-state index contributed by atoms with van der Waals surface area (Å²) in [7, 11) is 0. The lowest BCUT2D eigenvalue weighted by Crippen LogP contribution is -2.62. The minimum absolute atomic E-state index is 0.0708. The van der Waals surface area contributed by atoms with Gasteiger partial charge in [-0.3, -0.25) is 0 Å². The van der Waals surface area contributed by atoms with E-state index in [0.29, 0.717) is 0 Å². The third-order valence-corrected chi connectivity index (χ3v) is 5.14. The van der Waals surface area contributed by atoms with Crippen molar-refractivity contribution in [2.24, 2.45) is 0 Å². The Balaban J connectivity index is 1.57. The first-order valence-electron chi connectivity index (χ1n) is 9.47. The molecule has 0 spiro atoms. The Morgan fingerprint density at radius 1 is 0.862 bits per heavy atom. The van der Waals surface area contributed by atoms with Crippen LogP contribution in [0, 0.1) is 0 Å². The van der Waals surface area contributed by atoms with Crippen LogP contribution in [0.3, 0.4) is 0 Å². The van der Waals surface area contributed by atoms with Gasteiger partial charge in [0.05, 0.1) is 26.4 Å². The number of hydrogen-bond donors (Lipinski definition) is 6. The lowest BCUT2D eigenvalue weighted by molar-refractivity contribution is -0.333. The van der Waals surface area contributed by atoms with Gasteiger partial charge in [-0.2, -0.15) is 0 Å². The SMILES string of the molecule is OC[C@H]1OC[C@H](O[C@@H]2O[C@@H](COCc3ccccc3)[C@@H](O)[C@@H](O)[C@@H]2O)[C@@H](O)[C@@H]1O. The Bertz CT molecular complexity index is 616. The maximum absolute atomic E-state index is 10.2. The first-order chi connectivity index (χ1) is 13.9. The van der Waals surface area contributed by atoms with Crippen molar-refractivity contribution in [2.75, 3.05) is 19.8 Å². The summed E-state index contributed by atoms with van der Waals surface area (Å²) < 4.78 is 21.8. The van der Waals surface area contributed by atoms with Gasteiger partial charge in [0, 0.05) is 0 Å². The van der Waals surface area contributed by atoms with E-state index >= 15 is 0 Å². The molecule has 9 atom stereocenters. The molecule has 0 aromatic heterocycles. The minimum Gasteiger partial charge on any atom is -0.394 e. The van der Waals surface area contributed by atoms with E-state index in [1.165, 1.54) is 0 Å². The second-order valence-electron chi connectivity index (χ2n) is 7.23. The van der Waals surface area contributed by atoms with Crippen LogP contribution in [0.25, 0.3) is 0 Å². The molecule has 2 aliphatic rings. The van der Waals surface area contributed by atoms with E-state index in [2.05, 4.69) is 0 Å². The zero-order chi connectivity index (χ0) is 21.0. The molecule has 0 saturated carbocycles. The van der Waals surface area contributed by atoms with Crippen molar-refractivity contribution in [1.82, 2.24) is 0 Å². The molecule has 2 heterocycles. The van der Waals surface area contributed by atoms with Gasteiger partial charge >= 0.3 is 0 Å². The van der Waals surface area contributed by atoms with Gasteiger partial charge in [-0.05, 0) is 5.56 Å². The van der Waals surface area contributed by atoms with Gasteiger partial charge in [-0.25, -0.2) is 0 Å². The number of benzene rings is 1. The van der Waals surface area contributed by atoms with Crippen LogP contribution in [-0.2, 0) is 25.6 Å². The number of ether oxygens (including phenoxy) is 4. The summed E-state index contributed by atoms with van der Waals surface area (Å²) in [6.45, 7) is -0.441. The van der Waals surface area contributed by atoms with Crippen molar-refractivity contribution >= 4 is 0 Å². The normalized spacial score (nSPS) is 40.7. The van der Waals surface area contributed by atoms with Crippen LogP contribution in [-0.4, -0.2) is 106 Å². The summed E-state index contributed by atoms with van der Waals surface area (Å²) in [5.41, 5.74) is 0.918. The Labute approximate surface area is 167 Å². The van der Waals surface area contributed by atoms with Crippen molar-refractivity contribution in [3.8, 4) is 0 Å². The third-order valence-electron chi connectivity index (χ3n) is 5.14. The number of aliphatic hydroxyl groups is 6. The van der Waals surface area contributed by atoms with Gasteiger partial charge in [0.15, 0.2) is 6.29 Å². The van der Waals surface area contributed by atoms with E-state index in [0.717, 1.165) is 5.56 Å². The van der Waals surface area contributed by atoms with Crippen molar-refractivity contribution in [2.45, 2.75) is 61.7 Å². The van der Waals surface area contributed by atoms with E-state index < -0.39 is 61.7 Å². The molecular weight excluding hydrogens is 388 g/mol. The lowest BCUT2D eigenvalue weighted by Gasteiger charge is -2.43. The molecule has 10 nitrogen and oxygen atoms in total. The molecule has 2 saturated heterocycles. The van der Waals surface area contributed by atoms with E-state index in [1.807, 2.05) is 30.3 Å². The van der Waals surface area contributed by atoms with Gasteiger partial charge in [-0.15, -0.1) is 0 Å². The van der Waals surface area contributed by atoms with Crippen molar-refractivity contribution in [1.29, 1.82) is 0 Å². The minimum atomic E-state index is -1.59. The largest absolute Gasteiger partial charge is 0.394 e. The molecule has 0 unspecified atom stereocenters. The maximum atomic E-state index is 10.2. The van der Waals surface area contributed by atoms with Gasteiger partial charge in [0.25, 0.3) is 0 Å². The Morgan fingerprint density at radius 2 is 1.55 bits per heavy atom. The van der Waals surface area contributed by atoms with Gasteiger partial charge in [0.1, 0.15) is 48.8 Å². The average Bonchev–Trinajstić information content (AvgIpc) is 2.73. The molecule has 0 amide bonds. The predicted molar refractivity (Wildman–Crippen MR) is 96.5 cm³/mol. The molecule has 0 radical (unpaired) electrons. The van der Waals surface area contributed by atoms with E-state index in [-0.39, 0.29) is 19.8 Å². The second kappa shape index (κ2) is 10.2. The van der Waals surface area contributed by atoms with Crippen LogP contribution >= 0.6 is 0 Å². The molecule has 10 heteroatoms. The third kappa shape index (κ3) is 5.30. The van der Waals surface area contributed by atoms with Crippen LogP contribution in [0.1, 0.15) is 5.56 Å². The molecule has 6 N–H and O–H groups in total. The fraction of sp³-hybridized carbons (Fsp3) is 0.684. The van der Waals surface area contributed by atoms with Gasteiger partial charge in [-0.1, -0.05) is 30.3 Å². The average molecular weight is 416 g/mol. The number of hydrogen-bond acceptors (Lipinski definition) is 10. The molecule has 1 aromatic rings. The second-order valence-corrected chi connectivity index (χ2v) is 7.23. The molecule has 0 aliphatic carbocycles. The topological polar surface area (TPSA) is 158 Å². The summed E-state index contributed by atoms with van der Waals surface area (Å²) in [6, 6.07) is 9.35. The summed E-state index contributed by atoms with van der Waals surface area (Å²) in [5.74, 6) is 0. The predicted octanol–water partition coefficient (Wildman–Crippen LogP) is -2.49. The van der Waals surface area contributed by atoms with Crippen molar-refractivity contribution in [3.05, 3.63) is 35.9 Å². The zero-order valence-corrected chi connectivity index (χ0v) is 15.7. The Kier molecular flexibility index (Phi) is 7.93. The van der Waals surface area contributed by atoms with Crippen LogP contribution in [0.2, 0.25) is 0 Å². The smallest absolute Gasteiger partial charge is 0.187 e. The molecule has 3 rings (SSSR count). The van der Waals surface area contributed by atoms with E-state index in [9.17, 15) is 25.5 Å². The molecule has 29 heavy (non-hydrogen) atoms. The summed E-state index contributed by atoms with van der Waals surface area (Å²) >= 11 is 0. The molecule has 2 fully saturated rings. The monoisotopic (exact) mass is 416 g/mol. The highest BCUT2D eigenvalue weighted by Gasteiger charge is 2.47. The highest BCUT2D eigenvalue weighted by atomic mass is 16.7. The number of aliphatic hydroxyl groups excluding tert-OH is 6. The number of rotatable bonds is 7. The van der Waals surface area contributed by atoms with E-state index in [1.54, 1.807) is 0 Å². The van der Waals surface area contributed by atoms with Gasteiger partial charge in [0.2, 0.25) is 0 Å². The highest BCUT2D eigenvalue weighted by Crippen LogP contribution is 2.26. The van der Waals surface area contributed by atoms with Crippen LogP contribution < -0.4 is 0 Å². The molecule has 0 bridgehead atoms. The van der Waals surface area contributed by atoms with Crippen LogP contribution in [0.4, 0.5) is 0 Å². The first-order valence-corrected chi connectivity index (χ1v) is 9.47. The fourth-order valence-corrected chi connectivity index (χ4v) is 3.34. The molecule has 164 valence electrons. The Hall–Kier alpha value is -1.18. The molecular formula is C19H28O10. The van der Waals surface area contributed by atoms with Crippen molar-refractivity contribution in [3.63, 3.8) is 0 Å². The molecule has 2 aliphatic heterocycles. The summed E-state index contributed by atoms with van der Waals surface area (Å²) in [5, 5.41) is 59.7.